The summed E-state index contributed by atoms with van der Waals surface area (Å²) in [5.41, 5.74) is 0. The predicted molar refractivity (Wildman–Crippen MR) is 64.0 cm³/mol. The van der Waals surface area contributed by atoms with Crippen LogP contribution in [0.4, 0.5) is 0 Å². The quantitative estimate of drug-likeness (QED) is 0.749. The second kappa shape index (κ2) is 5.21. The van der Waals surface area contributed by atoms with Gasteiger partial charge in [-0.1, -0.05) is 0 Å². The molecule has 0 aromatic carbocycles. The van der Waals surface area contributed by atoms with Gasteiger partial charge in [0.1, 0.15) is 0 Å². The molecule has 0 unspecified atom stereocenters. The predicted octanol–water partition coefficient (Wildman–Crippen LogP) is 0.854. The van der Waals surface area contributed by atoms with Gasteiger partial charge in [0, 0.05) is 6.04 Å². The van der Waals surface area contributed by atoms with Gasteiger partial charge < -0.3 is 10.6 Å². The first kappa shape index (κ1) is 11.3. The van der Waals surface area contributed by atoms with Crippen LogP contribution >= 0.6 is 11.8 Å². The monoisotopic (exact) mass is 228 g/mol. The van der Waals surface area contributed by atoms with Gasteiger partial charge >= 0.3 is 0 Å². The van der Waals surface area contributed by atoms with Crippen molar-refractivity contribution in [3.63, 3.8) is 0 Å². The number of amides is 1. The van der Waals surface area contributed by atoms with E-state index in [-0.39, 0.29) is 5.91 Å². The molecule has 2 atom stereocenters. The Labute approximate surface area is 95.8 Å². The topological polar surface area (TPSA) is 41.1 Å². The molecule has 0 aromatic heterocycles. The highest BCUT2D eigenvalue weighted by atomic mass is 32.2. The van der Waals surface area contributed by atoms with Crippen molar-refractivity contribution in [2.24, 2.45) is 11.8 Å². The van der Waals surface area contributed by atoms with Crippen LogP contribution in [0.5, 0.6) is 0 Å². The molecule has 0 aromatic rings. The lowest BCUT2D eigenvalue weighted by Gasteiger charge is -2.22. The molecule has 0 bridgehead atoms. The summed E-state index contributed by atoms with van der Waals surface area (Å²) in [5, 5.41) is 6.50. The van der Waals surface area contributed by atoms with Gasteiger partial charge in [-0.25, -0.2) is 0 Å². The second-order valence-electron chi connectivity index (χ2n) is 4.59. The average Bonchev–Trinajstić information content (AvgIpc) is 2.99. The molecule has 0 radical (unpaired) electrons. The molecule has 86 valence electrons. The van der Waals surface area contributed by atoms with Crippen molar-refractivity contribution in [2.75, 3.05) is 25.1 Å². The van der Waals surface area contributed by atoms with Gasteiger partial charge in [0.25, 0.3) is 0 Å². The Morgan fingerprint density at radius 1 is 1.47 bits per heavy atom. The molecule has 1 saturated carbocycles. The number of carbonyl (C=O) groups is 1. The van der Waals surface area contributed by atoms with E-state index in [2.05, 4.69) is 10.6 Å². The first-order valence-electron chi connectivity index (χ1n) is 5.80. The molecule has 2 aliphatic rings. The SMILES string of the molecule is CSCC(=O)N[C@@H]1C[C@H]1C1CCNCC1. The minimum atomic E-state index is 0.212. The molecule has 4 heteroatoms. The van der Waals surface area contributed by atoms with Crippen molar-refractivity contribution < 1.29 is 4.79 Å². The van der Waals surface area contributed by atoms with Gasteiger partial charge in [-0.3, -0.25) is 4.79 Å². The highest BCUT2D eigenvalue weighted by Crippen LogP contribution is 2.41. The molecule has 1 amide bonds. The summed E-state index contributed by atoms with van der Waals surface area (Å²) in [4.78, 5) is 11.4. The van der Waals surface area contributed by atoms with Crippen molar-refractivity contribution in [1.29, 1.82) is 0 Å². The molecule has 15 heavy (non-hydrogen) atoms. The van der Waals surface area contributed by atoms with E-state index in [9.17, 15) is 4.79 Å². The largest absolute Gasteiger partial charge is 0.352 e. The number of thioether (sulfide) groups is 1. The maximum absolute atomic E-state index is 11.4. The number of piperidine rings is 1. The van der Waals surface area contributed by atoms with Gasteiger partial charge in [0.15, 0.2) is 0 Å². The Kier molecular flexibility index (Phi) is 3.92. The van der Waals surface area contributed by atoms with Crippen LogP contribution in [-0.4, -0.2) is 37.0 Å². The summed E-state index contributed by atoms with van der Waals surface area (Å²) in [6.45, 7) is 2.32. The molecule has 2 rings (SSSR count). The smallest absolute Gasteiger partial charge is 0.230 e. The first-order chi connectivity index (χ1) is 7.31. The van der Waals surface area contributed by atoms with Crippen LogP contribution in [0.25, 0.3) is 0 Å². The third kappa shape index (κ3) is 3.11. The third-order valence-electron chi connectivity index (χ3n) is 3.45. The van der Waals surface area contributed by atoms with Gasteiger partial charge in [-0.15, -0.1) is 0 Å². The van der Waals surface area contributed by atoms with Crippen LogP contribution in [0.3, 0.4) is 0 Å². The molecular formula is C11H20N2OS. The van der Waals surface area contributed by atoms with Crippen molar-refractivity contribution in [1.82, 2.24) is 10.6 Å². The number of carbonyl (C=O) groups excluding carboxylic acids is 1. The van der Waals surface area contributed by atoms with E-state index in [1.807, 2.05) is 6.26 Å². The minimum absolute atomic E-state index is 0.212. The van der Waals surface area contributed by atoms with E-state index in [0.29, 0.717) is 11.8 Å². The molecule has 3 nitrogen and oxygen atoms in total. The lowest BCUT2D eigenvalue weighted by Crippen LogP contribution is -2.33. The highest BCUT2D eigenvalue weighted by Gasteiger charge is 2.43. The molecule has 2 fully saturated rings. The normalized spacial score (nSPS) is 31.3. The van der Waals surface area contributed by atoms with Crippen molar-refractivity contribution in [3.05, 3.63) is 0 Å². The fourth-order valence-electron chi connectivity index (χ4n) is 2.55. The summed E-state index contributed by atoms with van der Waals surface area (Å²) in [7, 11) is 0. The molecular weight excluding hydrogens is 208 g/mol. The Morgan fingerprint density at radius 2 is 2.20 bits per heavy atom. The van der Waals surface area contributed by atoms with E-state index in [1.54, 1.807) is 11.8 Å². The van der Waals surface area contributed by atoms with Crippen molar-refractivity contribution in [3.8, 4) is 0 Å². The van der Waals surface area contributed by atoms with E-state index < -0.39 is 0 Å². The van der Waals surface area contributed by atoms with Crippen LogP contribution < -0.4 is 10.6 Å². The van der Waals surface area contributed by atoms with E-state index in [1.165, 1.54) is 19.3 Å². The van der Waals surface area contributed by atoms with E-state index in [4.69, 9.17) is 0 Å². The molecule has 1 saturated heterocycles. The zero-order valence-electron chi connectivity index (χ0n) is 9.29. The molecule has 1 aliphatic heterocycles. The maximum atomic E-state index is 11.4. The zero-order chi connectivity index (χ0) is 10.7. The molecule has 2 N–H and O–H groups in total. The van der Waals surface area contributed by atoms with E-state index in [0.717, 1.165) is 24.9 Å². The summed E-state index contributed by atoms with van der Waals surface area (Å²) >= 11 is 1.59. The van der Waals surface area contributed by atoms with Crippen LogP contribution in [0.1, 0.15) is 19.3 Å². The summed E-state index contributed by atoms with van der Waals surface area (Å²) < 4.78 is 0. The Hall–Kier alpha value is -0.220. The molecule has 1 heterocycles. The average molecular weight is 228 g/mol. The van der Waals surface area contributed by atoms with Crippen LogP contribution in [0.15, 0.2) is 0 Å². The summed E-state index contributed by atoms with van der Waals surface area (Å²) in [6, 6.07) is 0.493. The molecule has 1 aliphatic carbocycles. The Morgan fingerprint density at radius 3 is 2.87 bits per heavy atom. The minimum Gasteiger partial charge on any atom is -0.352 e. The standard InChI is InChI=1S/C11H20N2OS/c1-15-7-11(14)13-10-6-9(10)8-2-4-12-5-3-8/h8-10,12H,2-7H2,1H3,(H,13,14)/t9-,10+/m0/s1. The second-order valence-corrected chi connectivity index (χ2v) is 5.46. The molecule has 0 spiro atoms. The number of rotatable bonds is 4. The van der Waals surface area contributed by atoms with Gasteiger partial charge in [-0.2, -0.15) is 11.8 Å². The van der Waals surface area contributed by atoms with Gasteiger partial charge in [0.2, 0.25) is 5.91 Å². The zero-order valence-corrected chi connectivity index (χ0v) is 10.1. The van der Waals surface area contributed by atoms with Crippen LogP contribution in [0, 0.1) is 11.8 Å². The Balaban J connectivity index is 1.68. The first-order valence-corrected chi connectivity index (χ1v) is 7.19. The van der Waals surface area contributed by atoms with E-state index >= 15 is 0 Å². The lowest BCUT2D eigenvalue weighted by molar-refractivity contribution is -0.118. The van der Waals surface area contributed by atoms with Crippen LogP contribution in [-0.2, 0) is 4.79 Å². The summed E-state index contributed by atoms with van der Waals surface area (Å²) in [5.74, 6) is 2.45. The van der Waals surface area contributed by atoms with Crippen LogP contribution in [0.2, 0.25) is 0 Å². The number of nitrogens with one attached hydrogen (secondary N) is 2. The fourth-order valence-corrected chi connectivity index (χ4v) is 2.90. The maximum Gasteiger partial charge on any atom is 0.230 e. The van der Waals surface area contributed by atoms with Gasteiger partial charge in [-0.05, 0) is 50.4 Å². The van der Waals surface area contributed by atoms with Crippen molar-refractivity contribution >= 4 is 17.7 Å². The lowest BCUT2D eigenvalue weighted by atomic mass is 9.93. The van der Waals surface area contributed by atoms with Gasteiger partial charge in [0.05, 0.1) is 5.75 Å². The summed E-state index contributed by atoms with van der Waals surface area (Å²) in [6.07, 6.45) is 5.76. The number of hydrogen-bond donors (Lipinski definition) is 2. The third-order valence-corrected chi connectivity index (χ3v) is 4.00. The highest BCUT2D eigenvalue weighted by molar-refractivity contribution is 7.99. The van der Waals surface area contributed by atoms with Crippen molar-refractivity contribution in [2.45, 2.75) is 25.3 Å². The number of hydrogen-bond acceptors (Lipinski definition) is 3. The Bertz CT molecular complexity index is 229. The fraction of sp³-hybridized carbons (Fsp3) is 0.909.